The van der Waals surface area contributed by atoms with Gasteiger partial charge < -0.3 is 0 Å². The van der Waals surface area contributed by atoms with Crippen LogP contribution in [0.15, 0.2) is 12.2 Å². The van der Waals surface area contributed by atoms with E-state index in [2.05, 4.69) is 11.1 Å². The Bertz CT molecular complexity index is 257. The maximum Gasteiger partial charge on any atom is 0.397 e. The normalized spacial score (nSPS) is 12.4. The van der Waals surface area contributed by atoms with Gasteiger partial charge in [-0.05, 0) is 19.3 Å². The summed E-state index contributed by atoms with van der Waals surface area (Å²) in [4.78, 5) is 0. The van der Waals surface area contributed by atoms with E-state index in [1.807, 2.05) is 12.2 Å². The first-order valence-electron chi connectivity index (χ1n) is 5.33. The molecule has 0 aliphatic carbocycles. The molecule has 0 saturated heterocycles. The Hall–Kier alpha value is -0.390. The molecule has 0 atom stereocenters. The topological polar surface area (TPSA) is 63.6 Å². The van der Waals surface area contributed by atoms with Crippen LogP contribution in [0.1, 0.15) is 45.4 Å². The van der Waals surface area contributed by atoms with Crippen LogP contribution in [0.2, 0.25) is 0 Å². The summed E-state index contributed by atoms with van der Waals surface area (Å²) in [5.41, 5.74) is 0. The van der Waals surface area contributed by atoms with E-state index in [1.165, 1.54) is 25.7 Å². The third-order valence-electron chi connectivity index (χ3n) is 1.91. The molecule has 0 unspecified atom stereocenters. The zero-order valence-corrected chi connectivity index (χ0v) is 10.0. The summed E-state index contributed by atoms with van der Waals surface area (Å²) in [7, 11) is -4.26. The number of allylic oxidation sites excluding steroid dienone is 1. The van der Waals surface area contributed by atoms with E-state index in [0.717, 1.165) is 6.42 Å². The second kappa shape index (κ2) is 8.88. The van der Waals surface area contributed by atoms with Crippen LogP contribution in [0.5, 0.6) is 0 Å². The van der Waals surface area contributed by atoms with E-state index in [9.17, 15) is 8.42 Å². The Morgan fingerprint density at radius 1 is 1.13 bits per heavy atom. The lowest BCUT2D eigenvalue weighted by atomic mass is 10.1. The molecule has 0 amide bonds. The molecule has 1 N–H and O–H groups in total. The van der Waals surface area contributed by atoms with Crippen molar-refractivity contribution >= 4 is 10.4 Å². The van der Waals surface area contributed by atoms with Gasteiger partial charge in [0.1, 0.15) is 0 Å². The molecule has 0 rings (SSSR count). The summed E-state index contributed by atoms with van der Waals surface area (Å²) < 4.78 is 32.7. The maximum atomic E-state index is 10.1. The Labute approximate surface area is 92.3 Å². The molecule has 0 aliphatic heterocycles. The minimum atomic E-state index is -4.26. The number of hydrogen-bond acceptors (Lipinski definition) is 3. The molecule has 15 heavy (non-hydrogen) atoms. The van der Waals surface area contributed by atoms with Crippen molar-refractivity contribution in [1.29, 1.82) is 0 Å². The summed E-state index contributed by atoms with van der Waals surface area (Å²) in [6.45, 7) is 2.17. The average Bonchev–Trinajstić information content (AvgIpc) is 2.14. The van der Waals surface area contributed by atoms with Crippen LogP contribution in [-0.2, 0) is 14.6 Å². The number of unbranched alkanes of at least 4 members (excludes halogenated alkanes) is 4. The molecule has 90 valence electrons. The molecule has 4 nitrogen and oxygen atoms in total. The fraction of sp³-hybridized carbons (Fsp3) is 0.800. The Kier molecular flexibility index (Phi) is 8.65. The third kappa shape index (κ3) is 13.6. The molecule has 0 aromatic heterocycles. The number of hydrogen-bond donors (Lipinski definition) is 1. The average molecular weight is 236 g/mol. The number of rotatable bonds is 9. The first-order valence-corrected chi connectivity index (χ1v) is 6.69. The fourth-order valence-corrected chi connectivity index (χ4v) is 1.45. The lowest BCUT2D eigenvalue weighted by Gasteiger charge is -1.96. The van der Waals surface area contributed by atoms with E-state index in [1.54, 1.807) is 0 Å². The standard InChI is InChI=1S/C10H20O4S/c1-2-3-4-5-6-7-8-9-10-14-15(11,12)13/h7-8H,2-6,9-10H2,1H3,(H,11,12,13). The van der Waals surface area contributed by atoms with Gasteiger partial charge in [0, 0.05) is 0 Å². The van der Waals surface area contributed by atoms with E-state index in [0.29, 0.717) is 6.42 Å². The quantitative estimate of drug-likeness (QED) is 0.380. The van der Waals surface area contributed by atoms with Gasteiger partial charge >= 0.3 is 10.4 Å². The molecule has 0 bridgehead atoms. The van der Waals surface area contributed by atoms with Gasteiger partial charge in [0.25, 0.3) is 0 Å². The molecule has 0 spiro atoms. The SMILES string of the molecule is CCCCCCC=CCCOS(=O)(=O)O. The minimum Gasteiger partial charge on any atom is -0.264 e. The highest BCUT2D eigenvalue weighted by molar-refractivity contribution is 7.80. The third-order valence-corrected chi connectivity index (χ3v) is 2.37. The molecule has 0 aromatic carbocycles. The van der Waals surface area contributed by atoms with Crippen molar-refractivity contribution in [3.05, 3.63) is 12.2 Å². The van der Waals surface area contributed by atoms with Crippen molar-refractivity contribution in [2.24, 2.45) is 0 Å². The molecular weight excluding hydrogens is 216 g/mol. The summed E-state index contributed by atoms with van der Waals surface area (Å²) in [6, 6.07) is 0. The predicted octanol–water partition coefficient (Wildman–Crippen LogP) is 2.72. The van der Waals surface area contributed by atoms with Crippen molar-refractivity contribution in [2.45, 2.75) is 45.4 Å². The van der Waals surface area contributed by atoms with Crippen molar-refractivity contribution in [3.63, 3.8) is 0 Å². The van der Waals surface area contributed by atoms with Crippen molar-refractivity contribution in [1.82, 2.24) is 0 Å². The second-order valence-corrected chi connectivity index (χ2v) is 4.45. The van der Waals surface area contributed by atoms with Crippen LogP contribution in [0.25, 0.3) is 0 Å². The lowest BCUT2D eigenvalue weighted by molar-refractivity contribution is 0.273. The van der Waals surface area contributed by atoms with Crippen LogP contribution < -0.4 is 0 Å². The van der Waals surface area contributed by atoms with Crippen molar-refractivity contribution in [2.75, 3.05) is 6.61 Å². The summed E-state index contributed by atoms with van der Waals surface area (Å²) in [5, 5.41) is 0. The first kappa shape index (κ1) is 14.6. The Morgan fingerprint density at radius 3 is 2.40 bits per heavy atom. The molecule has 0 aromatic rings. The smallest absolute Gasteiger partial charge is 0.264 e. The zero-order valence-electron chi connectivity index (χ0n) is 9.18. The molecule has 5 heteroatoms. The second-order valence-electron chi connectivity index (χ2n) is 3.36. The molecule has 0 fully saturated rings. The highest BCUT2D eigenvalue weighted by atomic mass is 32.3. The highest BCUT2D eigenvalue weighted by Crippen LogP contribution is 2.03. The van der Waals surface area contributed by atoms with Crippen LogP contribution >= 0.6 is 0 Å². The van der Waals surface area contributed by atoms with Gasteiger partial charge in [-0.3, -0.25) is 4.55 Å². The lowest BCUT2D eigenvalue weighted by Crippen LogP contribution is -2.03. The first-order chi connectivity index (χ1) is 7.06. The van der Waals surface area contributed by atoms with Gasteiger partial charge in [0.15, 0.2) is 0 Å². The van der Waals surface area contributed by atoms with Crippen molar-refractivity contribution in [3.8, 4) is 0 Å². The van der Waals surface area contributed by atoms with Crippen LogP contribution in [0, 0.1) is 0 Å². The van der Waals surface area contributed by atoms with E-state index < -0.39 is 10.4 Å². The molecule has 0 aliphatic rings. The highest BCUT2D eigenvalue weighted by Gasteiger charge is 2.00. The van der Waals surface area contributed by atoms with E-state index >= 15 is 0 Å². The van der Waals surface area contributed by atoms with Crippen LogP contribution in [-0.4, -0.2) is 19.6 Å². The summed E-state index contributed by atoms with van der Waals surface area (Å²) in [5.74, 6) is 0. The molecule has 0 radical (unpaired) electrons. The minimum absolute atomic E-state index is 0.00426. The Balaban J connectivity index is 3.25. The van der Waals surface area contributed by atoms with Gasteiger partial charge in [-0.25, -0.2) is 4.18 Å². The van der Waals surface area contributed by atoms with Gasteiger partial charge in [-0.15, -0.1) is 0 Å². The van der Waals surface area contributed by atoms with Crippen LogP contribution in [0.3, 0.4) is 0 Å². The predicted molar refractivity (Wildman–Crippen MR) is 60.0 cm³/mol. The molecule has 0 saturated carbocycles. The molecular formula is C10H20O4S. The molecule has 0 heterocycles. The van der Waals surface area contributed by atoms with Gasteiger partial charge in [-0.2, -0.15) is 8.42 Å². The maximum absolute atomic E-state index is 10.1. The van der Waals surface area contributed by atoms with Gasteiger partial charge in [-0.1, -0.05) is 38.3 Å². The zero-order chi connectivity index (χ0) is 11.6. The van der Waals surface area contributed by atoms with E-state index in [-0.39, 0.29) is 6.61 Å². The van der Waals surface area contributed by atoms with Gasteiger partial charge in [0.05, 0.1) is 6.61 Å². The monoisotopic (exact) mass is 236 g/mol. The summed E-state index contributed by atoms with van der Waals surface area (Å²) >= 11 is 0. The van der Waals surface area contributed by atoms with E-state index in [4.69, 9.17) is 4.55 Å². The fourth-order valence-electron chi connectivity index (χ4n) is 1.15. The Morgan fingerprint density at radius 2 is 1.80 bits per heavy atom. The largest absolute Gasteiger partial charge is 0.397 e. The van der Waals surface area contributed by atoms with Crippen molar-refractivity contribution < 1.29 is 17.2 Å². The van der Waals surface area contributed by atoms with Crippen LogP contribution in [0.4, 0.5) is 0 Å². The van der Waals surface area contributed by atoms with Gasteiger partial charge in [0.2, 0.25) is 0 Å². The summed E-state index contributed by atoms with van der Waals surface area (Å²) in [6.07, 6.45) is 10.3.